The average molecular weight is 263 g/mol. The van der Waals surface area contributed by atoms with Gasteiger partial charge in [0.2, 0.25) is 5.91 Å². The number of hydrogen-bond donors (Lipinski definition) is 2. The second-order valence-electron chi connectivity index (χ2n) is 5.11. The van der Waals surface area contributed by atoms with Gasteiger partial charge in [0.25, 0.3) is 5.69 Å². The molecule has 1 saturated carbocycles. The Bertz CT molecular complexity index is 516. The molecule has 1 fully saturated rings. The zero-order valence-electron chi connectivity index (χ0n) is 10.8. The number of nitrogens with one attached hydrogen (secondary N) is 1. The Morgan fingerprint density at radius 3 is 2.74 bits per heavy atom. The summed E-state index contributed by atoms with van der Waals surface area (Å²) in [5, 5.41) is 14.2. The summed E-state index contributed by atoms with van der Waals surface area (Å²) < 4.78 is 0. The maximum atomic E-state index is 11.1. The number of nitro benzene ring substituents is 1. The zero-order chi connectivity index (χ0) is 14.0. The van der Waals surface area contributed by atoms with Crippen molar-refractivity contribution >= 4 is 17.3 Å². The van der Waals surface area contributed by atoms with E-state index in [1.807, 2.05) is 0 Å². The van der Waals surface area contributed by atoms with Crippen molar-refractivity contribution in [3.8, 4) is 0 Å². The monoisotopic (exact) mass is 263 g/mol. The second-order valence-corrected chi connectivity index (χ2v) is 5.11. The van der Waals surface area contributed by atoms with Crippen molar-refractivity contribution in [1.29, 1.82) is 0 Å². The molecule has 0 heterocycles. The van der Waals surface area contributed by atoms with Gasteiger partial charge in [-0.05, 0) is 37.3 Å². The zero-order valence-corrected chi connectivity index (χ0v) is 10.8. The van der Waals surface area contributed by atoms with E-state index in [0.717, 1.165) is 19.3 Å². The fraction of sp³-hybridized carbons (Fsp3) is 0.462. The van der Waals surface area contributed by atoms with E-state index < -0.39 is 10.8 Å². The van der Waals surface area contributed by atoms with Crippen molar-refractivity contribution in [2.24, 2.45) is 11.7 Å². The molecule has 1 aliphatic carbocycles. The number of nitro groups is 1. The smallest absolute Gasteiger partial charge is 0.293 e. The maximum absolute atomic E-state index is 11.1. The summed E-state index contributed by atoms with van der Waals surface area (Å²) in [5.41, 5.74) is 5.63. The van der Waals surface area contributed by atoms with E-state index in [-0.39, 0.29) is 17.3 Å². The molecule has 6 nitrogen and oxygen atoms in total. The Morgan fingerprint density at radius 2 is 2.21 bits per heavy atom. The minimum Gasteiger partial charge on any atom is -0.377 e. The number of benzene rings is 1. The highest BCUT2D eigenvalue weighted by Crippen LogP contribution is 2.31. The van der Waals surface area contributed by atoms with Crippen LogP contribution in [0.2, 0.25) is 0 Å². The highest BCUT2D eigenvalue weighted by atomic mass is 16.6. The molecule has 6 heteroatoms. The van der Waals surface area contributed by atoms with E-state index in [1.165, 1.54) is 12.1 Å². The average Bonchev–Trinajstić information content (AvgIpc) is 2.74. The largest absolute Gasteiger partial charge is 0.377 e. The van der Waals surface area contributed by atoms with Gasteiger partial charge in [0.05, 0.1) is 4.92 Å². The summed E-state index contributed by atoms with van der Waals surface area (Å²) in [4.78, 5) is 21.6. The molecule has 2 unspecified atom stereocenters. The van der Waals surface area contributed by atoms with Gasteiger partial charge in [0.15, 0.2) is 0 Å². The Morgan fingerprint density at radius 1 is 1.47 bits per heavy atom. The molecule has 0 spiro atoms. The molecule has 0 aromatic heterocycles. The first-order valence-electron chi connectivity index (χ1n) is 6.32. The first-order chi connectivity index (χ1) is 8.97. The number of nitrogens with zero attached hydrogens (tertiary/aromatic N) is 1. The molecule has 1 aliphatic rings. The van der Waals surface area contributed by atoms with Crippen molar-refractivity contribution in [1.82, 2.24) is 0 Å². The Labute approximate surface area is 111 Å². The number of rotatable bonds is 4. The third-order valence-electron chi connectivity index (χ3n) is 3.53. The van der Waals surface area contributed by atoms with Crippen LogP contribution >= 0.6 is 0 Å². The lowest BCUT2D eigenvalue weighted by atomic mass is 10.1. The van der Waals surface area contributed by atoms with Crippen molar-refractivity contribution < 1.29 is 9.72 Å². The number of hydrogen-bond acceptors (Lipinski definition) is 4. The van der Waals surface area contributed by atoms with Crippen molar-refractivity contribution in [3.63, 3.8) is 0 Å². The molecular weight excluding hydrogens is 246 g/mol. The van der Waals surface area contributed by atoms with Gasteiger partial charge in [0.1, 0.15) is 5.69 Å². The molecule has 1 aromatic rings. The molecule has 0 bridgehead atoms. The van der Waals surface area contributed by atoms with Crippen LogP contribution in [0.15, 0.2) is 18.2 Å². The summed E-state index contributed by atoms with van der Waals surface area (Å²) >= 11 is 0. The minimum atomic E-state index is -0.663. The Balaban J connectivity index is 2.24. The fourth-order valence-corrected chi connectivity index (χ4v) is 2.52. The van der Waals surface area contributed by atoms with Crippen LogP contribution in [-0.4, -0.2) is 16.9 Å². The fourth-order valence-electron chi connectivity index (χ4n) is 2.52. The molecule has 1 amide bonds. The number of carbonyl (C=O) groups is 1. The van der Waals surface area contributed by atoms with Crippen molar-refractivity contribution in [3.05, 3.63) is 33.9 Å². The number of anilines is 1. The molecule has 0 radical (unpaired) electrons. The second kappa shape index (κ2) is 5.26. The van der Waals surface area contributed by atoms with Crippen LogP contribution in [0.1, 0.15) is 36.5 Å². The van der Waals surface area contributed by atoms with E-state index >= 15 is 0 Å². The number of primary amides is 1. The molecular formula is C13H17N3O3. The van der Waals surface area contributed by atoms with Gasteiger partial charge in [-0.15, -0.1) is 0 Å². The third kappa shape index (κ3) is 3.01. The van der Waals surface area contributed by atoms with E-state index in [9.17, 15) is 14.9 Å². The molecule has 2 atom stereocenters. The first kappa shape index (κ1) is 13.3. The summed E-state index contributed by atoms with van der Waals surface area (Å²) in [6.07, 6.45) is 3.15. The number of amides is 1. The van der Waals surface area contributed by atoms with E-state index in [4.69, 9.17) is 5.73 Å². The normalized spacial score (nSPS) is 22.2. The molecule has 0 aliphatic heterocycles. The quantitative estimate of drug-likeness (QED) is 0.643. The summed E-state index contributed by atoms with van der Waals surface area (Å²) in [6, 6.07) is 4.55. The van der Waals surface area contributed by atoms with Gasteiger partial charge in [-0.2, -0.15) is 0 Å². The molecule has 0 saturated heterocycles. The van der Waals surface area contributed by atoms with Gasteiger partial charge >= 0.3 is 0 Å². The van der Waals surface area contributed by atoms with E-state index in [1.54, 1.807) is 6.07 Å². The van der Waals surface area contributed by atoms with Gasteiger partial charge in [-0.1, -0.05) is 6.92 Å². The van der Waals surface area contributed by atoms with Gasteiger partial charge in [-0.25, -0.2) is 0 Å². The highest BCUT2D eigenvalue weighted by molar-refractivity contribution is 5.94. The van der Waals surface area contributed by atoms with E-state index in [2.05, 4.69) is 12.2 Å². The number of carbonyl (C=O) groups excluding carboxylic acids is 1. The Hall–Kier alpha value is -2.11. The lowest BCUT2D eigenvalue weighted by Gasteiger charge is -2.14. The number of nitrogens with two attached hydrogens (primary N) is 1. The first-order valence-corrected chi connectivity index (χ1v) is 6.32. The van der Waals surface area contributed by atoms with Gasteiger partial charge in [-0.3, -0.25) is 14.9 Å². The van der Waals surface area contributed by atoms with Crippen LogP contribution in [0.4, 0.5) is 11.4 Å². The highest BCUT2D eigenvalue weighted by Gasteiger charge is 2.24. The third-order valence-corrected chi connectivity index (χ3v) is 3.53. The van der Waals surface area contributed by atoms with Gasteiger partial charge in [0, 0.05) is 17.7 Å². The van der Waals surface area contributed by atoms with Crippen molar-refractivity contribution in [2.45, 2.75) is 32.2 Å². The van der Waals surface area contributed by atoms with Crippen LogP contribution < -0.4 is 11.1 Å². The molecule has 102 valence electrons. The lowest BCUT2D eigenvalue weighted by molar-refractivity contribution is -0.384. The van der Waals surface area contributed by atoms with Gasteiger partial charge < -0.3 is 11.1 Å². The summed E-state index contributed by atoms with van der Waals surface area (Å²) in [6.45, 7) is 2.17. The minimum absolute atomic E-state index is 0.101. The predicted octanol–water partition coefficient (Wildman–Crippen LogP) is 2.29. The molecule has 3 N–H and O–H groups in total. The van der Waals surface area contributed by atoms with Crippen LogP contribution in [0.5, 0.6) is 0 Å². The predicted molar refractivity (Wildman–Crippen MR) is 72.0 cm³/mol. The summed E-state index contributed by atoms with van der Waals surface area (Å²) in [5.74, 6) is -0.0226. The molecule has 2 rings (SSSR count). The van der Waals surface area contributed by atoms with Crippen LogP contribution in [0, 0.1) is 16.0 Å². The topological polar surface area (TPSA) is 98.3 Å². The van der Waals surface area contributed by atoms with Crippen LogP contribution in [-0.2, 0) is 0 Å². The van der Waals surface area contributed by atoms with Crippen LogP contribution in [0.3, 0.4) is 0 Å². The molecule has 19 heavy (non-hydrogen) atoms. The SMILES string of the molecule is CC1CCC(Nc2ccc(C(N)=O)cc2[N+](=O)[O-])C1. The summed E-state index contributed by atoms with van der Waals surface area (Å²) in [7, 11) is 0. The van der Waals surface area contributed by atoms with Crippen molar-refractivity contribution in [2.75, 3.05) is 5.32 Å². The lowest BCUT2D eigenvalue weighted by Crippen LogP contribution is -2.17. The maximum Gasteiger partial charge on any atom is 0.293 e. The standard InChI is InChI=1S/C13H17N3O3/c1-8-2-4-10(6-8)15-11-5-3-9(13(14)17)7-12(11)16(18)19/h3,5,7-8,10,15H,2,4,6H2,1H3,(H2,14,17). The van der Waals surface area contributed by atoms with Crippen LogP contribution in [0.25, 0.3) is 0 Å². The Kier molecular flexibility index (Phi) is 3.69. The van der Waals surface area contributed by atoms with E-state index in [0.29, 0.717) is 11.6 Å². The molecule has 1 aromatic carbocycles.